The quantitative estimate of drug-likeness (QED) is 0.698. The highest BCUT2D eigenvalue weighted by molar-refractivity contribution is 7.97. The summed E-state index contributed by atoms with van der Waals surface area (Å²) in [5.74, 6) is 1.49. The first-order chi connectivity index (χ1) is 12.3. The van der Waals surface area contributed by atoms with Gasteiger partial charge in [-0.3, -0.25) is 0 Å². The van der Waals surface area contributed by atoms with E-state index in [1.807, 2.05) is 42.5 Å². The summed E-state index contributed by atoms with van der Waals surface area (Å²) in [6.45, 7) is 3.30. The van der Waals surface area contributed by atoms with Crippen LogP contribution in [0.25, 0.3) is 22.8 Å². The molecule has 3 aromatic rings. The molecule has 1 saturated heterocycles. The molecule has 1 fully saturated rings. The van der Waals surface area contributed by atoms with E-state index < -0.39 is 0 Å². The second-order valence-corrected chi connectivity index (χ2v) is 7.21. The monoisotopic (exact) mass is 372 g/mol. The van der Waals surface area contributed by atoms with Gasteiger partial charge in [0.25, 0.3) is 0 Å². The summed E-state index contributed by atoms with van der Waals surface area (Å²) in [6, 6.07) is 15.9. The lowest BCUT2D eigenvalue weighted by atomic mass is 10.2. The standard InChI is InChI=1S/C18H17ClN4OS/c19-15-7-6-14(12-16(15)25-23-8-10-24-11-9-23)18-20-17(21-22-18)13-4-2-1-3-5-13/h1-7,12H,8-11H2,(H,20,21,22). The van der Waals surface area contributed by atoms with E-state index in [-0.39, 0.29) is 0 Å². The van der Waals surface area contributed by atoms with E-state index in [1.165, 1.54) is 0 Å². The van der Waals surface area contributed by atoms with Crippen molar-refractivity contribution in [2.45, 2.75) is 4.90 Å². The Labute approximate surface area is 155 Å². The van der Waals surface area contributed by atoms with Gasteiger partial charge in [-0.15, -0.1) is 10.2 Å². The van der Waals surface area contributed by atoms with Crippen molar-refractivity contribution in [2.24, 2.45) is 0 Å². The van der Waals surface area contributed by atoms with Crippen LogP contribution in [0.4, 0.5) is 0 Å². The molecule has 1 aliphatic rings. The molecule has 1 N–H and O–H groups in total. The van der Waals surface area contributed by atoms with Gasteiger partial charge in [0, 0.05) is 29.1 Å². The first-order valence-electron chi connectivity index (χ1n) is 8.08. The van der Waals surface area contributed by atoms with E-state index in [2.05, 4.69) is 25.6 Å². The Balaban J connectivity index is 1.58. The lowest BCUT2D eigenvalue weighted by molar-refractivity contribution is 0.0773. The summed E-state index contributed by atoms with van der Waals surface area (Å²) in [7, 11) is 0. The fraction of sp³-hybridized carbons (Fsp3) is 0.222. The van der Waals surface area contributed by atoms with Crippen LogP contribution in [0.3, 0.4) is 0 Å². The third-order valence-corrected chi connectivity index (χ3v) is 5.54. The third kappa shape index (κ3) is 3.88. The van der Waals surface area contributed by atoms with Crippen LogP contribution < -0.4 is 0 Å². The zero-order valence-corrected chi connectivity index (χ0v) is 15.1. The van der Waals surface area contributed by atoms with Gasteiger partial charge in [0.15, 0.2) is 11.6 Å². The molecule has 2 heterocycles. The molecule has 0 unspecified atom stereocenters. The molecule has 128 valence electrons. The van der Waals surface area contributed by atoms with Crippen LogP contribution in [-0.4, -0.2) is 45.8 Å². The predicted molar refractivity (Wildman–Crippen MR) is 101 cm³/mol. The van der Waals surface area contributed by atoms with Crippen molar-refractivity contribution in [1.82, 2.24) is 19.5 Å². The number of benzene rings is 2. The summed E-state index contributed by atoms with van der Waals surface area (Å²) in [4.78, 5) is 4.30. The van der Waals surface area contributed by atoms with Crippen molar-refractivity contribution in [3.8, 4) is 22.8 Å². The lowest BCUT2D eigenvalue weighted by Crippen LogP contribution is -2.30. The molecule has 0 bridgehead atoms. The lowest BCUT2D eigenvalue weighted by Gasteiger charge is -2.25. The van der Waals surface area contributed by atoms with Gasteiger partial charge in [0.1, 0.15) is 0 Å². The molecule has 25 heavy (non-hydrogen) atoms. The minimum Gasteiger partial charge on any atom is -0.379 e. The zero-order chi connectivity index (χ0) is 17.1. The maximum atomic E-state index is 6.38. The number of rotatable bonds is 4. The molecule has 7 heteroatoms. The summed E-state index contributed by atoms with van der Waals surface area (Å²) >= 11 is 8.04. The van der Waals surface area contributed by atoms with Crippen LogP contribution in [0.15, 0.2) is 53.4 Å². The molecule has 0 atom stereocenters. The van der Waals surface area contributed by atoms with Gasteiger partial charge in [0.2, 0.25) is 0 Å². The Morgan fingerprint density at radius 1 is 0.960 bits per heavy atom. The molecule has 1 aromatic heterocycles. The van der Waals surface area contributed by atoms with E-state index in [0.29, 0.717) is 0 Å². The van der Waals surface area contributed by atoms with Crippen LogP contribution in [0.5, 0.6) is 0 Å². The number of H-pyrrole nitrogens is 1. The number of hydrogen-bond acceptors (Lipinski definition) is 5. The highest BCUT2D eigenvalue weighted by atomic mass is 35.5. The minimum absolute atomic E-state index is 0.736. The Hall–Kier alpha value is -1.86. The first kappa shape index (κ1) is 16.6. The SMILES string of the molecule is Clc1ccc(-c2nnc(-c3ccccc3)[nH]2)cc1SN1CCOCC1. The maximum absolute atomic E-state index is 6.38. The van der Waals surface area contributed by atoms with Crippen molar-refractivity contribution in [2.75, 3.05) is 26.3 Å². The zero-order valence-electron chi connectivity index (χ0n) is 13.5. The molecule has 1 aliphatic heterocycles. The van der Waals surface area contributed by atoms with Crippen LogP contribution in [-0.2, 0) is 4.74 Å². The van der Waals surface area contributed by atoms with E-state index in [0.717, 1.165) is 59.0 Å². The normalized spacial score (nSPS) is 15.4. The topological polar surface area (TPSA) is 54.0 Å². The molecule has 4 rings (SSSR count). The molecule has 0 spiro atoms. The van der Waals surface area contributed by atoms with Crippen molar-refractivity contribution in [3.63, 3.8) is 0 Å². The van der Waals surface area contributed by atoms with Crippen LogP contribution in [0.1, 0.15) is 0 Å². The highest BCUT2D eigenvalue weighted by Crippen LogP contribution is 2.33. The fourth-order valence-corrected chi connectivity index (χ4v) is 3.78. The highest BCUT2D eigenvalue weighted by Gasteiger charge is 2.15. The number of ether oxygens (including phenoxy) is 1. The molecule has 0 amide bonds. The van der Waals surface area contributed by atoms with E-state index >= 15 is 0 Å². The number of nitrogens with one attached hydrogen (secondary N) is 1. The van der Waals surface area contributed by atoms with E-state index in [4.69, 9.17) is 16.3 Å². The number of halogens is 1. The number of nitrogens with zero attached hydrogens (tertiary/aromatic N) is 3. The van der Waals surface area contributed by atoms with Gasteiger partial charge in [0.05, 0.1) is 18.2 Å². The molecule has 0 saturated carbocycles. The fourth-order valence-electron chi connectivity index (χ4n) is 2.62. The van der Waals surface area contributed by atoms with Gasteiger partial charge in [-0.25, -0.2) is 4.31 Å². The number of hydrogen-bond donors (Lipinski definition) is 1. The number of aromatic nitrogens is 3. The second-order valence-electron chi connectivity index (χ2n) is 5.67. The third-order valence-electron chi connectivity index (χ3n) is 3.94. The molecular weight excluding hydrogens is 356 g/mol. The van der Waals surface area contributed by atoms with Crippen LogP contribution in [0.2, 0.25) is 5.02 Å². The van der Waals surface area contributed by atoms with Crippen LogP contribution >= 0.6 is 23.5 Å². The van der Waals surface area contributed by atoms with Gasteiger partial charge >= 0.3 is 0 Å². The molecule has 5 nitrogen and oxygen atoms in total. The van der Waals surface area contributed by atoms with Crippen LogP contribution in [0, 0.1) is 0 Å². The second kappa shape index (κ2) is 7.58. The Kier molecular flexibility index (Phi) is 5.03. The first-order valence-corrected chi connectivity index (χ1v) is 9.23. The van der Waals surface area contributed by atoms with Gasteiger partial charge in [-0.1, -0.05) is 41.9 Å². The smallest absolute Gasteiger partial charge is 0.161 e. The van der Waals surface area contributed by atoms with Crippen molar-refractivity contribution in [1.29, 1.82) is 0 Å². The Morgan fingerprint density at radius 3 is 2.44 bits per heavy atom. The average molecular weight is 373 g/mol. The van der Waals surface area contributed by atoms with Gasteiger partial charge in [-0.05, 0) is 30.1 Å². The summed E-state index contributed by atoms with van der Waals surface area (Å²) < 4.78 is 7.66. The summed E-state index contributed by atoms with van der Waals surface area (Å²) in [6.07, 6.45) is 0. The van der Waals surface area contributed by atoms with E-state index in [1.54, 1.807) is 11.9 Å². The average Bonchev–Trinajstić information content (AvgIpc) is 3.15. The van der Waals surface area contributed by atoms with Crippen molar-refractivity contribution >= 4 is 23.5 Å². The largest absolute Gasteiger partial charge is 0.379 e. The molecule has 0 radical (unpaired) electrons. The number of aromatic amines is 1. The minimum atomic E-state index is 0.736. The Bertz CT molecular complexity index is 849. The molecule has 0 aliphatic carbocycles. The summed E-state index contributed by atoms with van der Waals surface area (Å²) in [5.41, 5.74) is 1.98. The van der Waals surface area contributed by atoms with Crippen molar-refractivity contribution in [3.05, 3.63) is 53.6 Å². The molecular formula is C18H17ClN4OS. The predicted octanol–water partition coefficient (Wildman–Crippen LogP) is 4.13. The Morgan fingerprint density at radius 2 is 1.68 bits per heavy atom. The molecule has 2 aromatic carbocycles. The van der Waals surface area contributed by atoms with Gasteiger partial charge in [-0.2, -0.15) is 0 Å². The van der Waals surface area contributed by atoms with Gasteiger partial charge < -0.3 is 9.72 Å². The van der Waals surface area contributed by atoms with E-state index in [9.17, 15) is 0 Å². The summed E-state index contributed by atoms with van der Waals surface area (Å²) in [5, 5.41) is 9.29. The number of morpholine rings is 1. The maximum Gasteiger partial charge on any atom is 0.161 e. The van der Waals surface area contributed by atoms with Crippen molar-refractivity contribution < 1.29 is 4.74 Å².